The Bertz CT molecular complexity index is 500. The maximum absolute atomic E-state index is 12.0. The lowest BCUT2D eigenvalue weighted by atomic mass is 9.87. The van der Waals surface area contributed by atoms with Crippen molar-refractivity contribution in [1.82, 2.24) is 4.90 Å². The lowest BCUT2D eigenvalue weighted by Crippen LogP contribution is -2.36. The molecule has 1 aromatic carbocycles. The molecule has 1 aromatic rings. The van der Waals surface area contributed by atoms with Gasteiger partial charge in [0, 0.05) is 7.05 Å². The molecule has 0 saturated heterocycles. The van der Waals surface area contributed by atoms with Crippen LogP contribution < -0.4 is 0 Å². The van der Waals surface area contributed by atoms with E-state index in [0.29, 0.717) is 0 Å². The van der Waals surface area contributed by atoms with E-state index in [1.807, 2.05) is 12.1 Å². The fourth-order valence-corrected chi connectivity index (χ4v) is 2.63. The molecule has 1 N–H and O–H groups in total. The molecular weight excluding hydrogens is 258 g/mol. The Morgan fingerprint density at radius 3 is 2.85 bits per heavy atom. The average Bonchev–Trinajstić information content (AvgIpc) is 2.45. The predicted octanol–water partition coefficient (Wildman–Crippen LogP) is 1.62. The van der Waals surface area contributed by atoms with Gasteiger partial charge >= 0.3 is 5.97 Å². The number of carboxylic acids is 1. The van der Waals surface area contributed by atoms with E-state index in [0.717, 1.165) is 19.3 Å². The third-order valence-electron chi connectivity index (χ3n) is 3.65. The van der Waals surface area contributed by atoms with Crippen molar-refractivity contribution in [3.63, 3.8) is 0 Å². The first kappa shape index (κ1) is 14.5. The quantitative estimate of drug-likeness (QED) is 0.888. The van der Waals surface area contributed by atoms with Crippen molar-refractivity contribution in [2.75, 3.05) is 20.3 Å². The Morgan fingerprint density at radius 1 is 1.35 bits per heavy atom. The summed E-state index contributed by atoms with van der Waals surface area (Å²) in [7, 11) is 1.75. The number of benzene rings is 1. The van der Waals surface area contributed by atoms with Gasteiger partial charge in [0.1, 0.15) is 13.2 Å². The second-order valence-electron chi connectivity index (χ2n) is 5.00. The van der Waals surface area contributed by atoms with Gasteiger partial charge in [-0.3, -0.25) is 4.79 Å². The molecule has 5 heteroatoms. The molecule has 1 unspecified atom stereocenters. The van der Waals surface area contributed by atoms with Crippen molar-refractivity contribution >= 4 is 11.9 Å². The number of carbonyl (C=O) groups is 2. The second-order valence-corrected chi connectivity index (χ2v) is 5.00. The van der Waals surface area contributed by atoms with Gasteiger partial charge in [0.25, 0.3) is 0 Å². The Hall–Kier alpha value is -1.88. The molecule has 5 nitrogen and oxygen atoms in total. The maximum Gasteiger partial charge on any atom is 0.329 e. The van der Waals surface area contributed by atoms with Crippen molar-refractivity contribution in [2.45, 2.75) is 25.3 Å². The molecule has 0 bridgehead atoms. The molecule has 0 fully saturated rings. The molecule has 1 atom stereocenters. The number of aryl methyl sites for hydroxylation is 1. The third kappa shape index (κ3) is 3.36. The first-order chi connectivity index (χ1) is 9.59. The van der Waals surface area contributed by atoms with Crippen molar-refractivity contribution in [2.24, 2.45) is 0 Å². The van der Waals surface area contributed by atoms with E-state index in [9.17, 15) is 9.59 Å². The molecule has 1 aliphatic rings. The number of nitrogens with zero attached hydrogens (tertiary/aromatic N) is 1. The molecule has 0 spiro atoms. The van der Waals surface area contributed by atoms with Crippen LogP contribution in [0.3, 0.4) is 0 Å². The molecule has 0 aromatic heterocycles. The standard InChI is InChI=1S/C15H19NO4/c1-16(14(17)9-20-10-15(18)19)13-8-4-6-11-5-2-3-7-12(11)13/h2-3,5,7,13H,4,6,8-10H2,1H3,(H,18,19). The van der Waals surface area contributed by atoms with Crippen LogP contribution in [0.4, 0.5) is 0 Å². The van der Waals surface area contributed by atoms with Crippen LogP contribution in [-0.2, 0) is 20.7 Å². The van der Waals surface area contributed by atoms with E-state index in [4.69, 9.17) is 9.84 Å². The van der Waals surface area contributed by atoms with Gasteiger partial charge in [-0.25, -0.2) is 4.79 Å². The summed E-state index contributed by atoms with van der Waals surface area (Å²) in [5.41, 5.74) is 2.47. The minimum Gasteiger partial charge on any atom is -0.480 e. The maximum atomic E-state index is 12.0. The first-order valence-electron chi connectivity index (χ1n) is 6.72. The summed E-state index contributed by atoms with van der Waals surface area (Å²) < 4.78 is 4.87. The molecular formula is C15H19NO4. The summed E-state index contributed by atoms with van der Waals surface area (Å²) >= 11 is 0. The summed E-state index contributed by atoms with van der Waals surface area (Å²) in [6, 6.07) is 8.21. The number of carbonyl (C=O) groups excluding carboxylic acids is 1. The topological polar surface area (TPSA) is 66.8 Å². The van der Waals surface area contributed by atoms with Crippen LogP contribution in [0.25, 0.3) is 0 Å². The zero-order chi connectivity index (χ0) is 14.5. The number of fused-ring (bicyclic) bond motifs is 1. The number of aliphatic carboxylic acids is 1. The highest BCUT2D eigenvalue weighted by atomic mass is 16.5. The van der Waals surface area contributed by atoms with E-state index < -0.39 is 12.6 Å². The van der Waals surface area contributed by atoms with E-state index in [1.165, 1.54) is 11.1 Å². The number of likely N-dealkylation sites (N-methyl/N-ethyl adjacent to an activating group) is 1. The number of amides is 1. The van der Waals surface area contributed by atoms with Gasteiger partial charge in [-0.2, -0.15) is 0 Å². The van der Waals surface area contributed by atoms with Crippen LogP contribution in [0.2, 0.25) is 0 Å². The fourth-order valence-electron chi connectivity index (χ4n) is 2.63. The number of hydrogen-bond donors (Lipinski definition) is 1. The van der Waals surface area contributed by atoms with Crippen molar-refractivity contribution in [3.8, 4) is 0 Å². The van der Waals surface area contributed by atoms with Gasteiger partial charge in [0.15, 0.2) is 0 Å². The molecule has 1 aliphatic carbocycles. The van der Waals surface area contributed by atoms with Gasteiger partial charge in [-0.05, 0) is 30.4 Å². The number of hydrogen-bond acceptors (Lipinski definition) is 3. The van der Waals surface area contributed by atoms with E-state index in [2.05, 4.69) is 12.1 Å². The van der Waals surface area contributed by atoms with Gasteiger partial charge in [-0.15, -0.1) is 0 Å². The average molecular weight is 277 g/mol. The van der Waals surface area contributed by atoms with Gasteiger partial charge in [-0.1, -0.05) is 24.3 Å². The summed E-state index contributed by atoms with van der Waals surface area (Å²) in [5, 5.41) is 8.49. The molecule has 0 saturated carbocycles. The van der Waals surface area contributed by atoms with Crippen LogP contribution in [0.1, 0.15) is 30.0 Å². The Kier molecular flexibility index (Phi) is 4.74. The second kappa shape index (κ2) is 6.52. The zero-order valence-electron chi connectivity index (χ0n) is 11.5. The van der Waals surface area contributed by atoms with Crippen LogP contribution in [-0.4, -0.2) is 42.1 Å². The number of carboxylic acid groups (broad SMARTS) is 1. The normalized spacial score (nSPS) is 17.4. The molecule has 20 heavy (non-hydrogen) atoms. The Balaban J connectivity index is 2.01. The number of rotatable bonds is 5. The predicted molar refractivity (Wildman–Crippen MR) is 73.3 cm³/mol. The van der Waals surface area contributed by atoms with E-state index in [1.54, 1.807) is 11.9 Å². The minimum atomic E-state index is -1.07. The van der Waals surface area contributed by atoms with Crippen LogP contribution in [0, 0.1) is 0 Å². The summed E-state index contributed by atoms with van der Waals surface area (Å²) in [4.78, 5) is 24.1. The lowest BCUT2D eigenvalue weighted by molar-refractivity contribution is -0.146. The number of ether oxygens (including phenoxy) is 1. The van der Waals surface area contributed by atoms with Gasteiger partial charge in [0.05, 0.1) is 6.04 Å². The monoisotopic (exact) mass is 277 g/mol. The Morgan fingerprint density at radius 2 is 2.10 bits per heavy atom. The highest BCUT2D eigenvalue weighted by Gasteiger charge is 2.26. The molecule has 0 heterocycles. The lowest BCUT2D eigenvalue weighted by Gasteiger charge is -2.33. The molecule has 108 valence electrons. The molecule has 0 radical (unpaired) electrons. The largest absolute Gasteiger partial charge is 0.480 e. The molecule has 0 aliphatic heterocycles. The first-order valence-corrected chi connectivity index (χ1v) is 6.72. The molecule has 2 rings (SSSR count). The summed E-state index contributed by atoms with van der Waals surface area (Å²) in [6.07, 6.45) is 3.03. The minimum absolute atomic E-state index is 0.0564. The van der Waals surface area contributed by atoms with Crippen molar-refractivity contribution in [3.05, 3.63) is 35.4 Å². The zero-order valence-corrected chi connectivity index (χ0v) is 11.5. The van der Waals surface area contributed by atoms with Crippen molar-refractivity contribution < 1.29 is 19.4 Å². The van der Waals surface area contributed by atoms with Gasteiger partial charge < -0.3 is 14.7 Å². The van der Waals surface area contributed by atoms with Crippen LogP contribution >= 0.6 is 0 Å². The summed E-state index contributed by atoms with van der Waals surface area (Å²) in [5.74, 6) is -1.25. The fraction of sp³-hybridized carbons (Fsp3) is 0.467. The third-order valence-corrected chi connectivity index (χ3v) is 3.65. The summed E-state index contributed by atoms with van der Waals surface area (Å²) in [6.45, 7) is -0.637. The SMILES string of the molecule is CN(C(=O)COCC(=O)O)C1CCCc2ccccc21. The van der Waals surface area contributed by atoms with Crippen molar-refractivity contribution in [1.29, 1.82) is 0 Å². The Labute approximate surface area is 118 Å². The van der Waals surface area contributed by atoms with E-state index >= 15 is 0 Å². The van der Waals surface area contributed by atoms with Gasteiger partial charge in [0.2, 0.25) is 5.91 Å². The van der Waals surface area contributed by atoms with E-state index in [-0.39, 0.29) is 18.6 Å². The highest BCUT2D eigenvalue weighted by Crippen LogP contribution is 2.33. The molecule has 1 amide bonds. The smallest absolute Gasteiger partial charge is 0.329 e. The van der Waals surface area contributed by atoms with Crippen LogP contribution in [0.5, 0.6) is 0 Å². The highest BCUT2D eigenvalue weighted by molar-refractivity contribution is 5.78. The van der Waals surface area contributed by atoms with Crippen LogP contribution in [0.15, 0.2) is 24.3 Å².